The standard InChI is InChI=1S/C6H10F3O3P/c1-3-4-12-13(10,11-2)5-6(7,8)9/h3H,1,4-5H2,2H3. The molecular weight excluding hydrogens is 208 g/mol. The second kappa shape index (κ2) is 4.79. The van der Waals surface area contributed by atoms with E-state index in [1.807, 2.05) is 0 Å². The van der Waals surface area contributed by atoms with Gasteiger partial charge in [-0.25, -0.2) is 0 Å². The van der Waals surface area contributed by atoms with Crippen LogP contribution in [0.25, 0.3) is 0 Å². The Labute approximate surface area is 74.1 Å². The summed E-state index contributed by atoms with van der Waals surface area (Å²) in [6.07, 6.45) is -4.95. The first-order valence-corrected chi connectivity index (χ1v) is 5.03. The topological polar surface area (TPSA) is 35.5 Å². The average Bonchev–Trinajstić information content (AvgIpc) is 1.98. The molecule has 0 spiro atoms. The van der Waals surface area contributed by atoms with Crippen LogP contribution in [0.2, 0.25) is 0 Å². The van der Waals surface area contributed by atoms with Gasteiger partial charge in [-0.05, 0) is 0 Å². The summed E-state index contributed by atoms with van der Waals surface area (Å²) in [5.74, 6) is 0. The molecule has 0 aliphatic rings. The fraction of sp³-hybridized carbons (Fsp3) is 0.667. The van der Waals surface area contributed by atoms with Gasteiger partial charge in [0.2, 0.25) is 0 Å². The zero-order valence-electron chi connectivity index (χ0n) is 7.00. The van der Waals surface area contributed by atoms with E-state index in [-0.39, 0.29) is 6.61 Å². The van der Waals surface area contributed by atoms with Crippen LogP contribution in [0.3, 0.4) is 0 Å². The molecule has 0 saturated heterocycles. The van der Waals surface area contributed by atoms with Gasteiger partial charge in [0.25, 0.3) is 0 Å². The molecule has 13 heavy (non-hydrogen) atoms. The molecule has 0 aliphatic carbocycles. The number of alkyl halides is 3. The number of hydrogen-bond donors (Lipinski definition) is 0. The van der Waals surface area contributed by atoms with Gasteiger partial charge in [-0.3, -0.25) is 4.57 Å². The van der Waals surface area contributed by atoms with E-state index in [0.29, 0.717) is 0 Å². The summed E-state index contributed by atoms with van der Waals surface area (Å²) in [5.41, 5.74) is 0. The maximum Gasteiger partial charge on any atom is 0.400 e. The van der Waals surface area contributed by atoms with Gasteiger partial charge in [-0.2, -0.15) is 13.2 Å². The van der Waals surface area contributed by atoms with Gasteiger partial charge in [0, 0.05) is 7.11 Å². The van der Waals surface area contributed by atoms with Crippen LogP contribution >= 0.6 is 7.60 Å². The lowest BCUT2D eigenvalue weighted by molar-refractivity contribution is -0.109. The summed E-state index contributed by atoms with van der Waals surface area (Å²) in [5, 5.41) is 0. The summed E-state index contributed by atoms with van der Waals surface area (Å²) in [6, 6.07) is 0. The zero-order chi connectivity index (χ0) is 10.5. The molecule has 3 nitrogen and oxygen atoms in total. The second-order valence-electron chi connectivity index (χ2n) is 2.15. The lowest BCUT2D eigenvalue weighted by atomic mass is 10.7. The lowest BCUT2D eigenvalue weighted by Gasteiger charge is -2.16. The molecule has 0 saturated carbocycles. The van der Waals surface area contributed by atoms with Gasteiger partial charge in [0.05, 0.1) is 6.61 Å². The maximum absolute atomic E-state index is 11.8. The second-order valence-corrected chi connectivity index (χ2v) is 4.31. The highest BCUT2D eigenvalue weighted by Crippen LogP contribution is 2.51. The van der Waals surface area contributed by atoms with E-state index in [1.54, 1.807) is 0 Å². The first kappa shape index (κ1) is 12.7. The van der Waals surface area contributed by atoms with E-state index >= 15 is 0 Å². The first-order valence-electron chi connectivity index (χ1n) is 3.30. The zero-order valence-corrected chi connectivity index (χ0v) is 7.90. The molecule has 0 radical (unpaired) electrons. The van der Waals surface area contributed by atoms with Gasteiger partial charge in [-0.15, -0.1) is 6.58 Å². The Morgan fingerprint density at radius 3 is 2.38 bits per heavy atom. The Kier molecular flexibility index (Phi) is 4.67. The molecule has 0 aromatic rings. The largest absolute Gasteiger partial charge is 0.400 e. The molecule has 0 aliphatic heterocycles. The van der Waals surface area contributed by atoms with Crippen LogP contribution in [0.1, 0.15) is 0 Å². The third-order valence-electron chi connectivity index (χ3n) is 1.04. The quantitative estimate of drug-likeness (QED) is 0.525. The molecule has 1 unspecified atom stereocenters. The van der Waals surface area contributed by atoms with Crippen LogP contribution in [0.5, 0.6) is 0 Å². The van der Waals surface area contributed by atoms with Gasteiger partial charge in [-0.1, -0.05) is 6.08 Å². The van der Waals surface area contributed by atoms with Crippen LogP contribution in [0, 0.1) is 0 Å². The Bertz CT molecular complexity index is 214. The third kappa shape index (κ3) is 5.85. The van der Waals surface area contributed by atoms with Crippen LogP contribution in [-0.4, -0.2) is 26.1 Å². The van der Waals surface area contributed by atoms with E-state index in [1.165, 1.54) is 6.08 Å². The average molecular weight is 218 g/mol. The highest BCUT2D eigenvalue weighted by molar-refractivity contribution is 7.53. The highest BCUT2D eigenvalue weighted by Gasteiger charge is 2.40. The molecule has 78 valence electrons. The first-order chi connectivity index (χ1) is 5.83. The molecule has 0 N–H and O–H groups in total. The summed E-state index contributed by atoms with van der Waals surface area (Å²) in [4.78, 5) is 0. The van der Waals surface area contributed by atoms with Crippen LogP contribution < -0.4 is 0 Å². The van der Waals surface area contributed by atoms with Crippen molar-refractivity contribution in [2.45, 2.75) is 6.18 Å². The molecule has 0 bridgehead atoms. The summed E-state index contributed by atoms with van der Waals surface area (Å²) in [7, 11) is -3.12. The predicted molar refractivity (Wildman–Crippen MR) is 41.7 cm³/mol. The van der Waals surface area contributed by atoms with Crippen LogP contribution in [-0.2, 0) is 13.6 Å². The van der Waals surface area contributed by atoms with Crippen molar-refractivity contribution < 1.29 is 26.8 Å². The molecule has 0 fully saturated rings. The summed E-state index contributed by atoms with van der Waals surface area (Å²) < 4.78 is 55.1. The Hall–Kier alpha value is -0.320. The van der Waals surface area contributed by atoms with Gasteiger partial charge >= 0.3 is 13.8 Å². The monoisotopic (exact) mass is 218 g/mol. The number of hydrogen-bond acceptors (Lipinski definition) is 3. The minimum Gasteiger partial charge on any atom is -0.312 e. The lowest BCUT2D eigenvalue weighted by Crippen LogP contribution is -2.16. The molecule has 7 heteroatoms. The Morgan fingerprint density at radius 1 is 1.54 bits per heavy atom. The van der Waals surface area contributed by atoms with Crippen molar-refractivity contribution in [3.63, 3.8) is 0 Å². The minimum atomic E-state index is -4.56. The summed E-state index contributed by atoms with van der Waals surface area (Å²) in [6.45, 7) is 2.98. The van der Waals surface area contributed by atoms with Crippen molar-refractivity contribution in [1.29, 1.82) is 0 Å². The fourth-order valence-electron chi connectivity index (χ4n) is 0.549. The smallest absolute Gasteiger partial charge is 0.312 e. The van der Waals surface area contributed by atoms with Crippen molar-refractivity contribution in [2.24, 2.45) is 0 Å². The van der Waals surface area contributed by atoms with Crippen LogP contribution in [0.15, 0.2) is 12.7 Å². The number of halogens is 3. The minimum absolute atomic E-state index is 0.235. The van der Waals surface area contributed by atoms with Crippen molar-refractivity contribution >= 4 is 7.60 Å². The van der Waals surface area contributed by atoms with Crippen LogP contribution in [0.4, 0.5) is 13.2 Å². The normalized spacial score (nSPS) is 16.6. The fourth-order valence-corrected chi connectivity index (χ4v) is 1.65. The summed E-state index contributed by atoms with van der Waals surface area (Å²) >= 11 is 0. The molecule has 1 atom stereocenters. The van der Waals surface area contributed by atoms with Gasteiger partial charge < -0.3 is 9.05 Å². The highest BCUT2D eigenvalue weighted by atomic mass is 31.2. The van der Waals surface area contributed by atoms with E-state index in [0.717, 1.165) is 7.11 Å². The van der Waals surface area contributed by atoms with E-state index in [4.69, 9.17) is 0 Å². The molecule has 0 rings (SSSR count). The molecular formula is C6H10F3O3P. The number of rotatable bonds is 5. The molecule has 0 aromatic heterocycles. The predicted octanol–water partition coefficient (Wildman–Crippen LogP) is 2.59. The molecule has 0 heterocycles. The maximum atomic E-state index is 11.8. The van der Waals surface area contributed by atoms with E-state index in [9.17, 15) is 17.7 Å². The Balaban J connectivity index is 4.28. The van der Waals surface area contributed by atoms with Gasteiger partial charge in [0.15, 0.2) is 0 Å². The SMILES string of the molecule is C=CCOP(=O)(CC(F)(F)F)OC. The van der Waals surface area contributed by atoms with Crippen molar-refractivity contribution in [3.05, 3.63) is 12.7 Å². The molecule has 0 amide bonds. The van der Waals surface area contributed by atoms with Crippen molar-refractivity contribution in [2.75, 3.05) is 19.9 Å². The molecule has 0 aromatic carbocycles. The van der Waals surface area contributed by atoms with Crippen molar-refractivity contribution in [3.8, 4) is 0 Å². The third-order valence-corrected chi connectivity index (χ3v) is 2.88. The Morgan fingerprint density at radius 2 is 2.08 bits per heavy atom. The van der Waals surface area contributed by atoms with E-state index < -0.39 is 19.9 Å². The van der Waals surface area contributed by atoms with E-state index in [2.05, 4.69) is 15.6 Å². The van der Waals surface area contributed by atoms with Gasteiger partial charge in [0.1, 0.15) is 6.16 Å². The van der Waals surface area contributed by atoms with Crippen molar-refractivity contribution in [1.82, 2.24) is 0 Å².